The van der Waals surface area contributed by atoms with E-state index in [0.717, 1.165) is 5.56 Å². The fourth-order valence-corrected chi connectivity index (χ4v) is 1.62. The average Bonchev–Trinajstić information content (AvgIpc) is 2.47. The SMILES string of the molecule is CC(=O)c1ccccc1.CC(C)CC(N)C(=O)NC(=O)C(C)N. The molecule has 5 N–H and O–H groups in total. The Morgan fingerprint density at radius 1 is 1.00 bits per heavy atom. The third kappa shape index (κ3) is 9.55. The molecule has 0 radical (unpaired) electrons. The normalized spacial score (nSPS) is 12.7. The van der Waals surface area contributed by atoms with E-state index in [1.54, 1.807) is 6.92 Å². The molecule has 0 fully saturated rings. The number of benzene rings is 1. The first-order chi connectivity index (χ1) is 10.6. The average molecular weight is 321 g/mol. The maximum absolute atomic E-state index is 11.3. The fourth-order valence-electron chi connectivity index (χ4n) is 1.62. The van der Waals surface area contributed by atoms with Crippen molar-refractivity contribution in [3.05, 3.63) is 35.9 Å². The molecule has 0 spiro atoms. The monoisotopic (exact) mass is 321 g/mol. The van der Waals surface area contributed by atoms with E-state index in [1.165, 1.54) is 6.92 Å². The van der Waals surface area contributed by atoms with Crippen LogP contribution >= 0.6 is 0 Å². The number of ketones is 1. The van der Waals surface area contributed by atoms with Gasteiger partial charge in [-0.15, -0.1) is 0 Å². The summed E-state index contributed by atoms with van der Waals surface area (Å²) < 4.78 is 0. The molecule has 0 saturated heterocycles. The summed E-state index contributed by atoms with van der Waals surface area (Å²) in [6, 6.07) is 7.90. The highest BCUT2D eigenvalue weighted by molar-refractivity contribution is 5.99. The quantitative estimate of drug-likeness (QED) is 0.706. The summed E-state index contributed by atoms with van der Waals surface area (Å²) >= 11 is 0. The van der Waals surface area contributed by atoms with E-state index in [4.69, 9.17) is 11.5 Å². The third-order valence-electron chi connectivity index (χ3n) is 2.90. The Bertz CT molecular complexity index is 513. The number of rotatable bonds is 5. The number of hydrogen-bond donors (Lipinski definition) is 3. The molecule has 1 aromatic rings. The van der Waals surface area contributed by atoms with Gasteiger partial charge < -0.3 is 11.5 Å². The summed E-state index contributed by atoms with van der Waals surface area (Å²) in [6.45, 7) is 6.99. The fraction of sp³-hybridized carbons (Fsp3) is 0.471. The predicted octanol–water partition coefficient (Wildman–Crippen LogP) is 1.24. The molecule has 0 aliphatic heterocycles. The highest BCUT2D eigenvalue weighted by atomic mass is 16.2. The second-order valence-corrected chi connectivity index (χ2v) is 5.80. The lowest BCUT2D eigenvalue weighted by Gasteiger charge is -2.14. The molecule has 1 rings (SSSR count). The van der Waals surface area contributed by atoms with Gasteiger partial charge in [0.15, 0.2) is 5.78 Å². The van der Waals surface area contributed by atoms with E-state index in [9.17, 15) is 14.4 Å². The third-order valence-corrected chi connectivity index (χ3v) is 2.90. The lowest BCUT2D eigenvalue weighted by atomic mass is 10.0. The number of Topliss-reactive ketones (excluding diaryl/α,β-unsaturated/α-hetero) is 1. The van der Waals surface area contributed by atoms with Crippen LogP contribution in [0.1, 0.15) is 44.5 Å². The van der Waals surface area contributed by atoms with Crippen LogP contribution in [0.3, 0.4) is 0 Å². The van der Waals surface area contributed by atoms with E-state index in [1.807, 2.05) is 44.2 Å². The van der Waals surface area contributed by atoms with Gasteiger partial charge in [-0.2, -0.15) is 0 Å². The van der Waals surface area contributed by atoms with Gasteiger partial charge in [0.1, 0.15) is 0 Å². The highest BCUT2D eigenvalue weighted by Crippen LogP contribution is 2.02. The van der Waals surface area contributed by atoms with Gasteiger partial charge in [-0.3, -0.25) is 19.7 Å². The summed E-state index contributed by atoms with van der Waals surface area (Å²) in [4.78, 5) is 33.0. The zero-order valence-corrected chi connectivity index (χ0v) is 14.2. The molecule has 0 bridgehead atoms. The van der Waals surface area contributed by atoms with Gasteiger partial charge in [0.25, 0.3) is 0 Å². The van der Waals surface area contributed by atoms with Crippen LogP contribution < -0.4 is 16.8 Å². The minimum atomic E-state index is -0.690. The largest absolute Gasteiger partial charge is 0.320 e. The first-order valence-electron chi connectivity index (χ1n) is 7.57. The minimum Gasteiger partial charge on any atom is -0.320 e. The topological polar surface area (TPSA) is 115 Å². The predicted molar refractivity (Wildman–Crippen MR) is 90.7 cm³/mol. The van der Waals surface area contributed by atoms with E-state index in [-0.39, 0.29) is 5.78 Å². The van der Waals surface area contributed by atoms with Crippen LogP contribution in [0.5, 0.6) is 0 Å². The van der Waals surface area contributed by atoms with Gasteiger partial charge in [0.2, 0.25) is 11.8 Å². The summed E-state index contributed by atoms with van der Waals surface area (Å²) in [5.74, 6) is -0.507. The number of hydrogen-bond acceptors (Lipinski definition) is 5. The lowest BCUT2D eigenvalue weighted by Crippen LogP contribution is -2.48. The first kappa shape index (κ1) is 20.9. The smallest absolute Gasteiger partial charge is 0.243 e. The molecule has 6 heteroatoms. The molecule has 0 aliphatic rings. The van der Waals surface area contributed by atoms with Crippen molar-refractivity contribution in [3.63, 3.8) is 0 Å². The summed E-state index contributed by atoms with van der Waals surface area (Å²) in [7, 11) is 0. The Hall–Kier alpha value is -2.05. The van der Waals surface area contributed by atoms with Crippen LogP contribution in [0.4, 0.5) is 0 Å². The molecule has 6 nitrogen and oxygen atoms in total. The molecular formula is C17H27N3O3. The first-order valence-corrected chi connectivity index (χ1v) is 7.57. The Kier molecular flexibility index (Phi) is 9.69. The molecule has 128 valence electrons. The zero-order chi connectivity index (χ0) is 18.0. The molecule has 0 aromatic heterocycles. The van der Waals surface area contributed by atoms with Crippen LogP contribution in [0.25, 0.3) is 0 Å². The van der Waals surface area contributed by atoms with E-state index >= 15 is 0 Å². The Morgan fingerprint density at radius 2 is 1.52 bits per heavy atom. The van der Waals surface area contributed by atoms with Gasteiger partial charge in [-0.25, -0.2) is 0 Å². The molecular weight excluding hydrogens is 294 g/mol. The second-order valence-electron chi connectivity index (χ2n) is 5.80. The van der Waals surface area contributed by atoms with Crippen molar-refractivity contribution in [2.75, 3.05) is 0 Å². The lowest BCUT2D eigenvalue weighted by molar-refractivity contribution is -0.131. The molecule has 0 heterocycles. The van der Waals surface area contributed by atoms with E-state index in [0.29, 0.717) is 12.3 Å². The maximum Gasteiger partial charge on any atom is 0.243 e. The molecule has 2 amide bonds. The summed E-state index contributed by atoms with van der Waals surface area (Å²) in [5.41, 5.74) is 11.6. The standard InChI is InChI=1S/C9H19N3O2.C8H8O/c1-5(2)4-7(11)9(14)12-8(13)6(3)10;1-7(9)8-5-3-2-4-6-8/h5-7H,4,10-11H2,1-3H3,(H,12,13,14);2-6H,1H3. The zero-order valence-electron chi connectivity index (χ0n) is 14.2. The Balaban J connectivity index is 0.000000459. The van der Waals surface area contributed by atoms with Crippen molar-refractivity contribution in [2.45, 2.75) is 46.2 Å². The minimum absolute atomic E-state index is 0.121. The molecule has 1 aromatic carbocycles. The molecule has 0 aliphatic carbocycles. The van der Waals surface area contributed by atoms with Gasteiger partial charge in [0, 0.05) is 5.56 Å². The van der Waals surface area contributed by atoms with Crippen LogP contribution in [0.15, 0.2) is 30.3 Å². The Labute approximate surface area is 137 Å². The number of imide groups is 1. The van der Waals surface area contributed by atoms with Gasteiger partial charge in [0.05, 0.1) is 12.1 Å². The van der Waals surface area contributed by atoms with Crippen LogP contribution in [-0.4, -0.2) is 29.7 Å². The molecule has 2 atom stereocenters. The van der Waals surface area contributed by atoms with Crippen LogP contribution in [0, 0.1) is 5.92 Å². The number of carbonyl (C=O) groups excluding carboxylic acids is 3. The molecule has 23 heavy (non-hydrogen) atoms. The van der Waals surface area contributed by atoms with Crippen LogP contribution in [0.2, 0.25) is 0 Å². The summed E-state index contributed by atoms with van der Waals surface area (Å²) in [6.07, 6.45) is 0.554. The Morgan fingerprint density at radius 3 is 1.87 bits per heavy atom. The number of nitrogens with one attached hydrogen (secondary N) is 1. The number of carbonyl (C=O) groups is 3. The van der Waals surface area contributed by atoms with Crippen molar-refractivity contribution in [1.82, 2.24) is 5.32 Å². The molecule has 0 saturated carbocycles. The summed E-state index contributed by atoms with van der Waals surface area (Å²) in [5, 5.41) is 2.16. The highest BCUT2D eigenvalue weighted by Gasteiger charge is 2.18. The van der Waals surface area contributed by atoms with Gasteiger partial charge >= 0.3 is 0 Å². The maximum atomic E-state index is 11.3. The van der Waals surface area contributed by atoms with Crippen molar-refractivity contribution in [1.29, 1.82) is 0 Å². The van der Waals surface area contributed by atoms with E-state index < -0.39 is 23.9 Å². The van der Waals surface area contributed by atoms with E-state index in [2.05, 4.69) is 5.32 Å². The van der Waals surface area contributed by atoms with Gasteiger partial charge in [-0.05, 0) is 26.2 Å². The second kappa shape index (κ2) is 10.6. The van der Waals surface area contributed by atoms with Crippen molar-refractivity contribution in [2.24, 2.45) is 17.4 Å². The van der Waals surface area contributed by atoms with Crippen molar-refractivity contribution in [3.8, 4) is 0 Å². The van der Waals surface area contributed by atoms with Crippen molar-refractivity contribution >= 4 is 17.6 Å². The van der Waals surface area contributed by atoms with Crippen LogP contribution in [-0.2, 0) is 9.59 Å². The van der Waals surface area contributed by atoms with Gasteiger partial charge in [-0.1, -0.05) is 44.2 Å². The molecule has 2 unspecified atom stereocenters. The number of nitrogens with two attached hydrogens (primary N) is 2. The van der Waals surface area contributed by atoms with Crippen molar-refractivity contribution < 1.29 is 14.4 Å². The number of amides is 2.